The fraction of sp³-hybridized carbons (Fsp3) is 0.944. The van der Waals surface area contributed by atoms with Gasteiger partial charge in [0.05, 0.1) is 0 Å². The summed E-state index contributed by atoms with van der Waals surface area (Å²) in [4.78, 5) is 14.5. The second-order valence-electron chi connectivity index (χ2n) is 6.38. The smallest absolute Gasteiger partial charge is 0.222 e. The van der Waals surface area contributed by atoms with Crippen LogP contribution in [0.3, 0.4) is 0 Å². The molecule has 21 heavy (non-hydrogen) atoms. The average molecular weight is 299 g/mol. The lowest BCUT2D eigenvalue weighted by Crippen LogP contribution is -2.33. The van der Waals surface area contributed by atoms with Gasteiger partial charge < -0.3 is 10.6 Å². The van der Waals surface area contributed by atoms with Gasteiger partial charge >= 0.3 is 0 Å². The van der Waals surface area contributed by atoms with Crippen LogP contribution in [-0.4, -0.2) is 30.4 Å². The Bertz CT molecular complexity index is 231. The number of rotatable bonds is 14. The van der Waals surface area contributed by atoms with Crippen LogP contribution in [0.5, 0.6) is 0 Å². The molecule has 0 aromatic carbocycles. The van der Waals surface area contributed by atoms with Gasteiger partial charge in [0, 0.05) is 19.5 Å². The molecule has 0 aromatic heterocycles. The first-order valence-corrected chi connectivity index (χ1v) is 9.13. The number of nitrogens with zero attached hydrogens (tertiary/aromatic N) is 1. The molecule has 0 heterocycles. The Balaban J connectivity index is 4.10. The molecule has 0 fully saturated rings. The first kappa shape index (κ1) is 20.4. The Morgan fingerprint density at radius 3 is 1.90 bits per heavy atom. The Kier molecular flexibility index (Phi) is 14.0. The number of hydrogen-bond donors (Lipinski definition) is 1. The summed E-state index contributed by atoms with van der Waals surface area (Å²) < 4.78 is 0. The molecule has 3 heteroatoms. The van der Waals surface area contributed by atoms with Crippen molar-refractivity contribution in [2.75, 3.05) is 19.6 Å². The van der Waals surface area contributed by atoms with Gasteiger partial charge in [0.2, 0.25) is 5.91 Å². The molecule has 1 unspecified atom stereocenters. The van der Waals surface area contributed by atoms with Crippen LogP contribution < -0.4 is 5.73 Å². The lowest BCUT2D eigenvalue weighted by molar-refractivity contribution is -0.131. The van der Waals surface area contributed by atoms with Gasteiger partial charge in [-0.15, -0.1) is 0 Å². The van der Waals surface area contributed by atoms with Crippen molar-refractivity contribution in [3.63, 3.8) is 0 Å². The fourth-order valence-corrected chi connectivity index (χ4v) is 2.47. The molecule has 0 radical (unpaired) electrons. The minimum atomic E-state index is 0.336. The molecule has 0 bridgehead atoms. The normalized spacial score (nSPS) is 12.4. The Labute approximate surface area is 132 Å². The summed E-state index contributed by atoms with van der Waals surface area (Å²) in [5.41, 5.74) is 5.64. The van der Waals surface area contributed by atoms with E-state index in [-0.39, 0.29) is 0 Å². The molecule has 0 saturated heterocycles. The van der Waals surface area contributed by atoms with Crippen molar-refractivity contribution in [2.24, 2.45) is 11.7 Å². The van der Waals surface area contributed by atoms with Crippen LogP contribution in [0.15, 0.2) is 0 Å². The number of amides is 1. The summed E-state index contributed by atoms with van der Waals surface area (Å²) in [6.45, 7) is 9.15. The van der Waals surface area contributed by atoms with Crippen LogP contribution in [0, 0.1) is 5.92 Å². The van der Waals surface area contributed by atoms with Crippen molar-refractivity contribution in [1.29, 1.82) is 0 Å². The summed E-state index contributed by atoms with van der Waals surface area (Å²) >= 11 is 0. The van der Waals surface area contributed by atoms with Crippen molar-refractivity contribution in [1.82, 2.24) is 4.90 Å². The van der Waals surface area contributed by atoms with E-state index in [2.05, 4.69) is 25.7 Å². The molecule has 2 N–H and O–H groups in total. The maximum Gasteiger partial charge on any atom is 0.222 e. The number of carbonyl (C=O) groups is 1. The lowest BCUT2D eigenvalue weighted by atomic mass is 10.1. The summed E-state index contributed by atoms with van der Waals surface area (Å²) in [6.07, 6.45) is 11.4. The Morgan fingerprint density at radius 1 is 0.952 bits per heavy atom. The fourth-order valence-electron chi connectivity index (χ4n) is 2.47. The highest BCUT2D eigenvalue weighted by Gasteiger charge is 2.13. The van der Waals surface area contributed by atoms with Gasteiger partial charge in [-0.25, -0.2) is 0 Å². The third-order valence-electron chi connectivity index (χ3n) is 4.17. The number of hydrogen-bond acceptors (Lipinski definition) is 2. The van der Waals surface area contributed by atoms with Crippen molar-refractivity contribution in [3.8, 4) is 0 Å². The van der Waals surface area contributed by atoms with Crippen LogP contribution in [0.2, 0.25) is 0 Å². The molecule has 126 valence electrons. The summed E-state index contributed by atoms with van der Waals surface area (Å²) in [7, 11) is 0. The van der Waals surface area contributed by atoms with E-state index in [9.17, 15) is 4.79 Å². The topological polar surface area (TPSA) is 46.3 Å². The summed E-state index contributed by atoms with van der Waals surface area (Å²) in [5.74, 6) is 0.791. The van der Waals surface area contributed by atoms with E-state index in [0.717, 1.165) is 32.4 Å². The van der Waals surface area contributed by atoms with Gasteiger partial charge in [-0.1, -0.05) is 59.3 Å². The lowest BCUT2D eigenvalue weighted by Gasteiger charge is -2.23. The van der Waals surface area contributed by atoms with E-state index >= 15 is 0 Å². The van der Waals surface area contributed by atoms with E-state index in [1.54, 1.807) is 0 Å². The zero-order valence-electron chi connectivity index (χ0n) is 14.7. The van der Waals surface area contributed by atoms with Gasteiger partial charge in [0.1, 0.15) is 0 Å². The van der Waals surface area contributed by atoms with Crippen molar-refractivity contribution < 1.29 is 4.79 Å². The third-order valence-corrected chi connectivity index (χ3v) is 4.17. The number of carbonyl (C=O) groups excluding carboxylic acids is 1. The molecule has 0 aliphatic heterocycles. The van der Waals surface area contributed by atoms with Crippen LogP contribution in [0.4, 0.5) is 0 Å². The monoisotopic (exact) mass is 298 g/mol. The molecular weight excluding hydrogens is 260 g/mol. The number of nitrogens with two attached hydrogens (primary N) is 1. The van der Waals surface area contributed by atoms with Crippen molar-refractivity contribution >= 4 is 5.91 Å². The van der Waals surface area contributed by atoms with Gasteiger partial charge in [0.15, 0.2) is 0 Å². The highest BCUT2D eigenvalue weighted by atomic mass is 16.2. The van der Waals surface area contributed by atoms with Gasteiger partial charge in [0.25, 0.3) is 0 Å². The van der Waals surface area contributed by atoms with Crippen LogP contribution in [0.1, 0.15) is 85.0 Å². The van der Waals surface area contributed by atoms with Gasteiger partial charge in [-0.2, -0.15) is 0 Å². The van der Waals surface area contributed by atoms with Crippen molar-refractivity contribution in [3.05, 3.63) is 0 Å². The quantitative estimate of drug-likeness (QED) is 0.485. The van der Waals surface area contributed by atoms with E-state index < -0.39 is 0 Å². The molecule has 0 aliphatic rings. The van der Waals surface area contributed by atoms with Gasteiger partial charge in [-0.3, -0.25) is 4.79 Å². The standard InChI is InChI=1S/C18H38N2O/c1-4-6-8-10-14-20(15-11-9-7-5-2)18(21)13-12-17(3)16-19/h17H,4-16,19H2,1-3H3. The van der Waals surface area contributed by atoms with Crippen molar-refractivity contribution in [2.45, 2.75) is 85.0 Å². The second-order valence-corrected chi connectivity index (χ2v) is 6.38. The van der Waals surface area contributed by atoms with Crippen LogP contribution in [0.25, 0.3) is 0 Å². The SMILES string of the molecule is CCCCCCN(CCCCCC)C(=O)CCC(C)CN. The molecule has 0 spiro atoms. The molecular formula is C18H38N2O. The van der Waals surface area contributed by atoms with E-state index in [4.69, 9.17) is 5.73 Å². The largest absolute Gasteiger partial charge is 0.343 e. The molecule has 0 saturated carbocycles. The predicted molar refractivity (Wildman–Crippen MR) is 92.3 cm³/mol. The van der Waals surface area contributed by atoms with E-state index in [1.807, 2.05) is 0 Å². The Morgan fingerprint density at radius 2 is 1.48 bits per heavy atom. The summed E-state index contributed by atoms with van der Waals surface area (Å²) in [6, 6.07) is 0. The maximum absolute atomic E-state index is 12.4. The second kappa shape index (κ2) is 14.4. The third kappa shape index (κ3) is 11.7. The molecule has 0 aromatic rings. The number of unbranched alkanes of at least 4 members (excludes halogenated alkanes) is 6. The molecule has 1 atom stereocenters. The zero-order valence-corrected chi connectivity index (χ0v) is 14.7. The highest BCUT2D eigenvalue weighted by Crippen LogP contribution is 2.10. The predicted octanol–water partition coefficient (Wildman–Crippen LogP) is 4.35. The zero-order chi connectivity index (χ0) is 15.9. The first-order valence-electron chi connectivity index (χ1n) is 9.13. The minimum Gasteiger partial charge on any atom is -0.343 e. The first-order chi connectivity index (χ1) is 10.2. The van der Waals surface area contributed by atoms with Crippen LogP contribution >= 0.6 is 0 Å². The van der Waals surface area contributed by atoms with E-state index in [1.165, 1.54) is 38.5 Å². The van der Waals surface area contributed by atoms with E-state index in [0.29, 0.717) is 24.8 Å². The molecule has 3 nitrogen and oxygen atoms in total. The maximum atomic E-state index is 12.4. The molecule has 1 amide bonds. The Hall–Kier alpha value is -0.570. The molecule has 0 rings (SSSR count). The minimum absolute atomic E-state index is 0.336. The van der Waals surface area contributed by atoms with Gasteiger partial charge in [-0.05, 0) is 31.7 Å². The van der Waals surface area contributed by atoms with Crippen LogP contribution in [-0.2, 0) is 4.79 Å². The summed E-state index contributed by atoms with van der Waals surface area (Å²) in [5, 5.41) is 0. The average Bonchev–Trinajstić information content (AvgIpc) is 2.50. The molecule has 0 aliphatic carbocycles. The highest BCUT2D eigenvalue weighted by molar-refractivity contribution is 5.76.